The van der Waals surface area contributed by atoms with Gasteiger partial charge in [-0.3, -0.25) is 0 Å². The summed E-state index contributed by atoms with van der Waals surface area (Å²) in [5.41, 5.74) is 3.28. The molecule has 3 rings (SSSR count). The summed E-state index contributed by atoms with van der Waals surface area (Å²) in [6, 6.07) is 5.07. The lowest BCUT2D eigenvalue weighted by molar-refractivity contribution is 0.0699. The van der Waals surface area contributed by atoms with Gasteiger partial charge in [-0.1, -0.05) is 6.07 Å². The molecular formula is C15H14N2O3. The van der Waals surface area contributed by atoms with Crippen LogP contribution in [0.5, 0.6) is 0 Å². The van der Waals surface area contributed by atoms with Gasteiger partial charge in [-0.2, -0.15) is 0 Å². The average molecular weight is 270 g/mol. The van der Waals surface area contributed by atoms with Crippen molar-refractivity contribution < 1.29 is 14.3 Å². The second-order valence-electron chi connectivity index (χ2n) is 4.81. The molecule has 0 bridgehead atoms. The first kappa shape index (κ1) is 12.5. The van der Waals surface area contributed by atoms with Crippen molar-refractivity contribution >= 4 is 17.0 Å². The van der Waals surface area contributed by atoms with E-state index in [9.17, 15) is 9.90 Å². The van der Waals surface area contributed by atoms with Gasteiger partial charge in [-0.15, -0.1) is 0 Å². The zero-order valence-electron chi connectivity index (χ0n) is 11.4. The number of aromatic carboxylic acids is 1. The summed E-state index contributed by atoms with van der Waals surface area (Å²) in [6.07, 6.45) is 0. The summed E-state index contributed by atoms with van der Waals surface area (Å²) in [6.45, 7) is 5.74. The maximum absolute atomic E-state index is 11.2. The second-order valence-corrected chi connectivity index (χ2v) is 4.81. The quantitative estimate of drug-likeness (QED) is 0.747. The van der Waals surface area contributed by atoms with E-state index in [1.165, 1.54) is 0 Å². The van der Waals surface area contributed by atoms with Crippen LogP contribution in [0.15, 0.2) is 22.6 Å². The summed E-state index contributed by atoms with van der Waals surface area (Å²) in [4.78, 5) is 18.8. The van der Waals surface area contributed by atoms with Crippen molar-refractivity contribution in [1.82, 2.24) is 9.97 Å². The highest BCUT2D eigenvalue weighted by Crippen LogP contribution is 2.31. The fourth-order valence-corrected chi connectivity index (χ4v) is 2.46. The number of carbonyl (C=O) groups is 1. The molecule has 0 amide bonds. The van der Waals surface area contributed by atoms with Crippen LogP contribution < -0.4 is 0 Å². The first-order chi connectivity index (χ1) is 9.49. The largest absolute Gasteiger partial charge is 0.478 e. The standard InChI is InChI=1S/C15H14N2O3/c1-7-8(2)20-9(3)12(7)14-16-11-6-4-5-10(15(18)19)13(11)17-14/h4-6H,1-3H3,(H,16,17)(H,18,19). The number of aryl methyl sites for hydroxylation is 2. The Morgan fingerprint density at radius 3 is 2.60 bits per heavy atom. The Bertz CT molecular complexity index is 827. The van der Waals surface area contributed by atoms with E-state index in [2.05, 4.69) is 9.97 Å². The molecule has 5 heteroatoms. The zero-order chi connectivity index (χ0) is 14.4. The zero-order valence-corrected chi connectivity index (χ0v) is 11.4. The van der Waals surface area contributed by atoms with Crippen LogP contribution in [0.1, 0.15) is 27.4 Å². The lowest BCUT2D eigenvalue weighted by atomic mass is 10.1. The highest BCUT2D eigenvalue weighted by atomic mass is 16.4. The first-order valence-electron chi connectivity index (χ1n) is 6.28. The smallest absolute Gasteiger partial charge is 0.337 e. The number of nitrogens with one attached hydrogen (secondary N) is 1. The van der Waals surface area contributed by atoms with Crippen LogP contribution in [0.3, 0.4) is 0 Å². The van der Waals surface area contributed by atoms with Gasteiger partial charge in [-0.05, 0) is 32.9 Å². The molecule has 2 heterocycles. The summed E-state index contributed by atoms with van der Waals surface area (Å²) in [5, 5.41) is 9.20. The van der Waals surface area contributed by atoms with E-state index in [-0.39, 0.29) is 5.56 Å². The van der Waals surface area contributed by atoms with Crippen molar-refractivity contribution in [2.24, 2.45) is 0 Å². The Morgan fingerprint density at radius 2 is 2.00 bits per heavy atom. The number of carboxylic acid groups (broad SMARTS) is 1. The maximum atomic E-state index is 11.2. The molecule has 0 atom stereocenters. The van der Waals surface area contributed by atoms with E-state index < -0.39 is 5.97 Å². The number of hydrogen-bond acceptors (Lipinski definition) is 3. The van der Waals surface area contributed by atoms with Gasteiger partial charge in [0.15, 0.2) is 0 Å². The molecule has 2 N–H and O–H groups in total. The molecule has 3 aromatic rings. The third-order valence-corrected chi connectivity index (χ3v) is 3.54. The molecule has 0 aliphatic carbocycles. The molecule has 0 fully saturated rings. The predicted molar refractivity (Wildman–Crippen MR) is 75.0 cm³/mol. The molecule has 5 nitrogen and oxygen atoms in total. The van der Waals surface area contributed by atoms with Crippen molar-refractivity contribution in [3.8, 4) is 11.4 Å². The van der Waals surface area contributed by atoms with Crippen LogP contribution in [0.25, 0.3) is 22.4 Å². The van der Waals surface area contributed by atoms with Crippen molar-refractivity contribution in [3.63, 3.8) is 0 Å². The van der Waals surface area contributed by atoms with E-state index >= 15 is 0 Å². The number of fused-ring (bicyclic) bond motifs is 1. The summed E-state index contributed by atoms with van der Waals surface area (Å²) in [7, 11) is 0. The van der Waals surface area contributed by atoms with Gasteiger partial charge < -0.3 is 14.5 Å². The molecule has 0 spiro atoms. The van der Waals surface area contributed by atoms with Crippen molar-refractivity contribution in [2.45, 2.75) is 20.8 Å². The van der Waals surface area contributed by atoms with Crippen LogP contribution in [0.4, 0.5) is 0 Å². The first-order valence-corrected chi connectivity index (χ1v) is 6.28. The number of aromatic amines is 1. The van der Waals surface area contributed by atoms with Gasteiger partial charge in [0.2, 0.25) is 0 Å². The predicted octanol–water partition coefficient (Wildman–Crippen LogP) is 3.45. The molecule has 2 aromatic heterocycles. The molecule has 0 unspecified atom stereocenters. The number of para-hydroxylation sites is 1. The number of carboxylic acids is 1. The van der Waals surface area contributed by atoms with Crippen LogP contribution in [0.2, 0.25) is 0 Å². The lowest BCUT2D eigenvalue weighted by Gasteiger charge is -1.95. The maximum Gasteiger partial charge on any atom is 0.337 e. The molecule has 0 saturated carbocycles. The van der Waals surface area contributed by atoms with E-state index in [0.29, 0.717) is 16.9 Å². The van der Waals surface area contributed by atoms with E-state index in [0.717, 1.165) is 22.6 Å². The molecule has 102 valence electrons. The minimum atomic E-state index is -0.981. The van der Waals surface area contributed by atoms with Crippen LogP contribution in [-0.4, -0.2) is 21.0 Å². The number of rotatable bonds is 2. The SMILES string of the molecule is Cc1oc(C)c(-c2nc3c(C(=O)O)cccc3[nH]2)c1C. The Balaban J connectivity index is 2.29. The average Bonchev–Trinajstić information content (AvgIpc) is 2.90. The highest BCUT2D eigenvalue weighted by Gasteiger charge is 2.18. The Kier molecular flexibility index (Phi) is 2.64. The van der Waals surface area contributed by atoms with Crippen LogP contribution in [-0.2, 0) is 0 Å². The lowest BCUT2D eigenvalue weighted by Crippen LogP contribution is -1.96. The van der Waals surface area contributed by atoms with Gasteiger partial charge in [0, 0.05) is 5.56 Å². The third kappa shape index (κ3) is 1.71. The normalized spacial score (nSPS) is 11.2. The molecular weight excluding hydrogens is 256 g/mol. The van der Waals surface area contributed by atoms with Gasteiger partial charge in [0.25, 0.3) is 0 Å². The fraction of sp³-hybridized carbons (Fsp3) is 0.200. The topological polar surface area (TPSA) is 79.1 Å². The van der Waals surface area contributed by atoms with Crippen LogP contribution >= 0.6 is 0 Å². The molecule has 1 aromatic carbocycles. The Morgan fingerprint density at radius 1 is 1.25 bits per heavy atom. The number of furan rings is 1. The van der Waals surface area contributed by atoms with Gasteiger partial charge >= 0.3 is 5.97 Å². The van der Waals surface area contributed by atoms with Gasteiger partial charge in [0.05, 0.1) is 16.6 Å². The number of imidazole rings is 1. The fourth-order valence-electron chi connectivity index (χ4n) is 2.46. The molecule has 0 saturated heterocycles. The number of benzene rings is 1. The van der Waals surface area contributed by atoms with E-state index in [4.69, 9.17) is 4.42 Å². The number of H-pyrrole nitrogens is 1. The Hall–Kier alpha value is -2.56. The van der Waals surface area contributed by atoms with E-state index in [1.54, 1.807) is 12.1 Å². The van der Waals surface area contributed by atoms with E-state index in [1.807, 2.05) is 26.8 Å². The van der Waals surface area contributed by atoms with Crippen molar-refractivity contribution in [3.05, 3.63) is 40.8 Å². The summed E-state index contributed by atoms with van der Waals surface area (Å²) in [5.74, 6) is 1.28. The minimum Gasteiger partial charge on any atom is -0.478 e. The number of nitrogens with zero attached hydrogens (tertiary/aromatic N) is 1. The van der Waals surface area contributed by atoms with Crippen molar-refractivity contribution in [2.75, 3.05) is 0 Å². The van der Waals surface area contributed by atoms with Gasteiger partial charge in [-0.25, -0.2) is 9.78 Å². The summed E-state index contributed by atoms with van der Waals surface area (Å²) >= 11 is 0. The molecule has 0 aliphatic heterocycles. The molecule has 0 radical (unpaired) electrons. The van der Waals surface area contributed by atoms with Crippen LogP contribution in [0, 0.1) is 20.8 Å². The minimum absolute atomic E-state index is 0.195. The highest BCUT2D eigenvalue weighted by molar-refractivity contribution is 6.01. The van der Waals surface area contributed by atoms with Gasteiger partial charge in [0.1, 0.15) is 22.9 Å². The number of aromatic nitrogens is 2. The molecule has 0 aliphatic rings. The molecule has 20 heavy (non-hydrogen) atoms. The van der Waals surface area contributed by atoms with Crippen molar-refractivity contribution in [1.29, 1.82) is 0 Å². The monoisotopic (exact) mass is 270 g/mol. The summed E-state index contributed by atoms with van der Waals surface area (Å²) < 4.78 is 5.60. The number of hydrogen-bond donors (Lipinski definition) is 2. The second kappa shape index (κ2) is 4.23. The third-order valence-electron chi connectivity index (χ3n) is 3.54. The Labute approximate surface area is 115 Å².